The lowest BCUT2D eigenvalue weighted by atomic mass is 10.0. The molecule has 2 aromatic carbocycles. The van der Waals surface area contributed by atoms with E-state index in [1.807, 2.05) is 0 Å². The molecule has 0 aliphatic carbocycles. The van der Waals surface area contributed by atoms with Gasteiger partial charge in [0.2, 0.25) is 5.91 Å². The Kier molecular flexibility index (Phi) is 11.5. The van der Waals surface area contributed by atoms with Crippen molar-refractivity contribution < 1.29 is 37.0 Å². The average molecular weight is 562 g/mol. The van der Waals surface area contributed by atoms with E-state index in [4.69, 9.17) is 15.2 Å². The quantitative estimate of drug-likeness (QED) is 0.338. The van der Waals surface area contributed by atoms with Crippen molar-refractivity contribution in [1.82, 2.24) is 4.90 Å². The molecular formula is C24H27ClF3N3O5S. The van der Waals surface area contributed by atoms with Crippen molar-refractivity contribution in [1.29, 1.82) is 0 Å². The summed E-state index contributed by atoms with van der Waals surface area (Å²) in [5, 5.41) is 1.95. The van der Waals surface area contributed by atoms with Gasteiger partial charge in [-0.1, -0.05) is 0 Å². The number of benzene rings is 2. The molecule has 0 radical (unpaired) electrons. The molecule has 3 N–H and O–H groups in total. The van der Waals surface area contributed by atoms with E-state index in [0.717, 1.165) is 6.07 Å². The highest BCUT2D eigenvalue weighted by atomic mass is 35.5. The summed E-state index contributed by atoms with van der Waals surface area (Å²) in [6.45, 7) is 2.04. The van der Waals surface area contributed by atoms with Crippen molar-refractivity contribution in [2.45, 2.75) is 31.2 Å². The Hall–Kier alpha value is -2.96. The molecular weight excluding hydrogens is 535 g/mol. The number of anilines is 1. The van der Waals surface area contributed by atoms with Crippen LogP contribution in [0, 0.1) is 17.5 Å². The molecule has 1 aliphatic heterocycles. The Morgan fingerprint density at radius 3 is 2.49 bits per heavy atom. The maximum absolute atomic E-state index is 13.9. The number of thioether (sulfide) groups is 1. The van der Waals surface area contributed by atoms with Crippen LogP contribution in [0.15, 0.2) is 36.4 Å². The molecule has 8 nitrogen and oxygen atoms in total. The minimum absolute atomic E-state index is 0. The summed E-state index contributed by atoms with van der Waals surface area (Å²) in [6.07, 6.45) is -0.369. The number of nitrogens with one attached hydrogen (secondary N) is 1. The Morgan fingerprint density at radius 1 is 1.14 bits per heavy atom. The zero-order valence-corrected chi connectivity index (χ0v) is 21.5. The summed E-state index contributed by atoms with van der Waals surface area (Å²) < 4.78 is 50.5. The molecule has 2 atom stereocenters. The van der Waals surface area contributed by atoms with Crippen molar-refractivity contribution in [2.75, 3.05) is 30.8 Å². The molecule has 1 heterocycles. The third kappa shape index (κ3) is 8.54. The molecule has 0 saturated carbocycles. The third-order valence-electron chi connectivity index (χ3n) is 5.23. The third-order valence-corrected chi connectivity index (χ3v) is 6.43. The molecule has 37 heavy (non-hydrogen) atoms. The number of amides is 2. The minimum Gasteiger partial charge on any atom is -0.482 e. The van der Waals surface area contributed by atoms with Crippen LogP contribution in [0.5, 0.6) is 5.75 Å². The molecule has 2 amide bonds. The molecule has 0 spiro atoms. The van der Waals surface area contributed by atoms with E-state index in [1.165, 1.54) is 16.7 Å². The predicted molar refractivity (Wildman–Crippen MR) is 135 cm³/mol. The van der Waals surface area contributed by atoms with Crippen molar-refractivity contribution in [3.05, 3.63) is 59.4 Å². The van der Waals surface area contributed by atoms with Crippen LogP contribution in [-0.2, 0) is 25.5 Å². The van der Waals surface area contributed by atoms with Gasteiger partial charge in [0.15, 0.2) is 23.6 Å². The maximum Gasteiger partial charge on any atom is 0.344 e. The number of nitrogens with two attached hydrogens (primary N) is 1. The van der Waals surface area contributed by atoms with Gasteiger partial charge in [-0.3, -0.25) is 9.59 Å². The van der Waals surface area contributed by atoms with Crippen LogP contribution in [-0.4, -0.2) is 59.6 Å². The Bertz CT molecular complexity index is 1110. The SMILES string of the molecule is CCOC(=O)COc1ccc(NC(=O)C2SCCN2C(=O)C[C@H](N)Cc2cc(F)c(F)cc2F)cc1.Cl. The van der Waals surface area contributed by atoms with Crippen molar-refractivity contribution >= 4 is 47.6 Å². The van der Waals surface area contributed by atoms with Crippen LogP contribution >= 0.6 is 24.2 Å². The van der Waals surface area contributed by atoms with Crippen LogP contribution in [0.2, 0.25) is 0 Å². The molecule has 0 aromatic heterocycles. The monoisotopic (exact) mass is 561 g/mol. The lowest BCUT2D eigenvalue weighted by Gasteiger charge is -2.24. The van der Waals surface area contributed by atoms with E-state index in [1.54, 1.807) is 31.2 Å². The molecule has 2 aromatic rings. The zero-order valence-electron chi connectivity index (χ0n) is 19.9. The van der Waals surface area contributed by atoms with Gasteiger partial charge in [0.25, 0.3) is 5.91 Å². The summed E-state index contributed by atoms with van der Waals surface area (Å²) in [6, 6.07) is 6.66. The van der Waals surface area contributed by atoms with Crippen LogP contribution in [0.3, 0.4) is 0 Å². The molecule has 1 fully saturated rings. The first-order valence-corrected chi connectivity index (χ1v) is 12.2. The van der Waals surface area contributed by atoms with Gasteiger partial charge >= 0.3 is 5.97 Å². The number of hydrogen-bond acceptors (Lipinski definition) is 7. The van der Waals surface area contributed by atoms with E-state index in [0.29, 0.717) is 29.8 Å². The number of hydrogen-bond donors (Lipinski definition) is 2. The Morgan fingerprint density at radius 2 is 1.81 bits per heavy atom. The molecule has 202 valence electrons. The predicted octanol–water partition coefficient (Wildman–Crippen LogP) is 3.27. The average Bonchev–Trinajstić information content (AvgIpc) is 3.33. The van der Waals surface area contributed by atoms with E-state index < -0.39 is 46.7 Å². The number of halogens is 4. The highest BCUT2D eigenvalue weighted by molar-refractivity contribution is 8.00. The fourth-order valence-electron chi connectivity index (χ4n) is 3.54. The fourth-order valence-corrected chi connectivity index (χ4v) is 4.68. The summed E-state index contributed by atoms with van der Waals surface area (Å²) in [7, 11) is 0. The largest absolute Gasteiger partial charge is 0.482 e. The molecule has 0 bridgehead atoms. The smallest absolute Gasteiger partial charge is 0.344 e. The number of nitrogens with zero attached hydrogens (tertiary/aromatic N) is 1. The topological polar surface area (TPSA) is 111 Å². The number of ether oxygens (including phenoxy) is 2. The molecule has 1 unspecified atom stereocenters. The van der Waals surface area contributed by atoms with Gasteiger partial charge < -0.3 is 25.4 Å². The standard InChI is InChI=1S/C24H26F3N3O5S.ClH/c1-2-34-22(32)13-35-17-5-3-16(4-6-17)29-23(33)24-30(7-8-36-24)21(31)11-15(28)9-14-10-19(26)20(27)12-18(14)25;/h3-6,10,12,15,24H,2,7-9,11,13,28H2,1H3,(H,29,33);1H/t15-,24?;/m1./s1. The highest BCUT2D eigenvalue weighted by Crippen LogP contribution is 2.27. The summed E-state index contributed by atoms with van der Waals surface area (Å²) in [5.74, 6) is -3.80. The number of rotatable bonds is 10. The van der Waals surface area contributed by atoms with Gasteiger partial charge in [0.05, 0.1) is 6.61 Å². The second-order valence-electron chi connectivity index (χ2n) is 7.94. The van der Waals surface area contributed by atoms with E-state index in [9.17, 15) is 27.6 Å². The lowest BCUT2D eigenvalue weighted by molar-refractivity contribution is -0.145. The van der Waals surface area contributed by atoms with E-state index >= 15 is 0 Å². The van der Waals surface area contributed by atoms with Crippen molar-refractivity contribution in [3.8, 4) is 5.75 Å². The van der Waals surface area contributed by atoms with Crippen LogP contribution in [0.4, 0.5) is 18.9 Å². The van der Waals surface area contributed by atoms with Crippen molar-refractivity contribution in [2.24, 2.45) is 5.73 Å². The summed E-state index contributed by atoms with van der Waals surface area (Å²) in [4.78, 5) is 38.4. The molecule has 1 saturated heterocycles. The van der Waals surface area contributed by atoms with Gasteiger partial charge in [-0.05, 0) is 49.2 Å². The zero-order chi connectivity index (χ0) is 26.2. The van der Waals surface area contributed by atoms with Crippen molar-refractivity contribution in [3.63, 3.8) is 0 Å². The van der Waals surface area contributed by atoms with Gasteiger partial charge in [-0.25, -0.2) is 18.0 Å². The number of carbonyl (C=O) groups is 3. The second kappa shape index (κ2) is 14.1. The maximum atomic E-state index is 13.9. The molecule has 13 heteroatoms. The van der Waals surface area contributed by atoms with Gasteiger partial charge in [-0.2, -0.15) is 0 Å². The first-order chi connectivity index (χ1) is 17.2. The lowest BCUT2D eigenvalue weighted by Crippen LogP contribution is -2.44. The van der Waals surface area contributed by atoms with Crippen LogP contribution in [0.25, 0.3) is 0 Å². The highest BCUT2D eigenvalue weighted by Gasteiger charge is 2.35. The first kappa shape index (κ1) is 30.3. The normalized spacial score (nSPS) is 15.5. The second-order valence-corrected chi connectivity index (χ2v) is 9.13. The van der Waals surface area contributed by atoms with Crippen LogP contribution in [0.1, 0.15) is 18.9 Å². The summed E-state index contributed by atoms with van der Waals surface area (Å²) in [5.41, 5.74) is 6.31. The molecule has 3 rings (SSSR count). The Labute approximate surface area is 222 Å². The minimum atomic E-state index is -1.30. The number of esters is 1. The first-order valence-electron chi connectivity index (χ1n) is 11.2. The fraction of sp³-hybridized carbons (Fsp3) is 0.375. The van der Waals surface area contributed by atoms with E-state index in [2.05, 4.69) is 5.32 Å². The van der Waals surface area contributed by atoms with Gasteiger partial charge in [0, 0.05) is 36.5 Å². The van der Waals surface area contributed by atoms with Gasteiger partial charge in [-0.15, -0.1) is 24.2 Å². The van der Waals surface area contributed by atoms with E-state index in [-0.39, 0.29) is 44.0 Å². The van der Waals surface area contributed by atoms with Crippen LogP contribution < -0.4 is 15.8 Å². The molecule has 1 aliphatic rings. The Balaban J connectivity index is 0.00000481. The summed E-state index contributed by atoms with van der Waals surface area (Å²) >= 11 is 1.29. The number of carbonyl (C=O) groups excluding carboxylic acids is 3. The van der Waals surface area contributed by atoms with Gasteiger partial charge in [0.1, 0.15) is 11.6 Å².